The van der Waals surface area contributed by atoms with Gasteiger partial charge in [0, 0.05) is 4.47 Å². The van der Waals surface area contributed by atoms with Gasteiger partial charge in [0.15, 0.2) is 11.5 Å². The number of ketones is 1. The summed E-state index contributed by atoms with van der Waals surface area (Å²) in [6, 6.07) is 3.50. The molecule has 4 heteroatoms. The lowest BCUT2D eigenvalue weighted by Gasteiger charge is -2.16. The number of nitrogen functional groups attached to an aromatic ring is 1. The number of hydrogen-bond acceptors (Lipinski definition) is 3. The van der Waals surface area contributed by atoms with Crippen molar-refractivity contribution in [2.75, 3.05) is 12.3 Å². The fourth-order valence-corrected chi connectivity index (χ4v) is 2.31. The smallest absolute Gasteiger partial charge is 0.163 e. The number of carbonyl (C=O) groups excluding carboxylic acids is 1. The third-order valence-corrected chi connectivity index (χ3v) is 3.21. The van der Waals surface area contributed by atoms with Gasteiger partial charge in [0.25, 0.3) is 0 Å². The number of carbonyl (C=O) groups is 1. The SMILES string of the molecule is CCCC(C)COc1c(N)cc(Br)cc1C(C)=O. The minimum Gasteiger partial charge on any atom is -0.490 e. The summed E-state index contributed by atoms with van der Waals surface area (Å²) in [6.45, 7) is 6.38. The van der Waals surface area contributed by atoms with Crippen LogP contribution < -0.4 is 10.5 Å². The van der Waals surface area contributed by atoms with E-state index in [0.717, 1.165) is 17.3 Å². The third-order valence-electron chi connectivity index (χ3n) is 2.76. The fraction of sp³-hybridized carbons (Fsp3) is 0.500. The molecule has 18 heavy (non-hydrogen) atoms. The minimum atomic E-state index is -0.0406. The molecule has 1 unspecified atom stereocenters. The van der Waals surface area contributed by atoms with Crippen molar-refractivity contribution >= 4 is 27.4 Å². The molecule has 0 aliphatic carbocycles. The molecule has 1 atom stereocenters. The van der Waals surface area contributed by atoms with Crippen LogP contribution >= 0.6 is 15.9 Å². The minimum absolute atomic E-state index is 0.0406. The van der Waals surface area contributed by atoms with Crippen molar-refractivity contribution in [2.24, 2.45) is 5.92 Å². The second-order valence-corrected chi connectivity index (χ2v) is 5.55. The highest BCUT2D eigenvalue weighted by Crippen LogP contribution is 2.31. The van der Waals surface area contributed by atoms with Gasteiger partial charge in [-0.2, -0.15) is 0 Å². The van der Waals surface area contributed by atoms with Gasteiger partial charge < -0.3 is 10.5 Å². The number of ether oxygens (including phenoxy) is 1. The van der Waals surface area contributed by atoms with Crippen molar-refractivity contribution in [1.29, 1.82) is 0 Å². The monoisotopic (exact) mass is 313 g/mol. The first-order valence-corrected chi connectivity index (χ1v) is 6.97. The molecule has 0 amide bonds. The Balaban J connectivity index is 2.90. The lowest BCUT2D eigenvalue weighted by molar-refractivity contribution is 0.101. The highest BCUT2D eigenvalue weighted by Gasteiger charge is 2.14. The first kappa shape index (κ1) is 15.0. The van der Waals surface area contributed by atoms with Gasteiger partial charge in [0.2, 0.25) is 0 Å². The number of halogens is 1. The maximum absolute atomic E-state index is 11.6. The van der Waals surface area contributed by atoms with Crippen molar-refractivity contribution in [1.82, 2.24) is 0 Å². The molecular weight excluding hydrogens is 294 g/mol. The third kappa shape index (κ3) is 4.02. The van der Waals surface area contributed by atoms with E-state index in [2.05, 4.69) is 29.8 Å². The molecule has 2 N–H and O–H groups in total. The Morgan fingerprint density at radius 3 is 2.72 bits per heavy atom. The van der Waals surface area contributed by atoms with E-state index in [9.17, 15) is 4.79 Å². The number of Topliss-reactive ketones (excluding diaryl/α,β-unsaturated/α-hetero) is 1. The summed E-state index contributed by atoms with van der Waals surface area (Å²) < 4.78 is 6.52. The Hall–Kier alpha value is -1.03. The van der Waals surface area contributed by atoms with Crippen molar-refractivity contribution in [2.45, 2.75) is 33.6 Å². The molecule has 0 radical (unpaired) electrons. The zero-order chi connectivity index (χ0) is 13.7. The van der Waals surface area contributed by atoms with E-state index < -0.39 is 0 Å². The highest BCUT2D eigenvalue weighted by molar-refractivity contribution is 9.10. The van der Waals surface area contributed by atoms with E-state index in [1.807, 2.05) is 0 Å². The lowest BCUT2D eigenvalue weighted by Crippen LogP contribution is -2.12. The van der Waals surface area contributed by atoms with Crippen LogP contribution in [0.2, 0.25) is 0 Å². The maximum Gasteiger partial charge on any atom is 0.163 e. The van der Waals surface area contributed by atoms with Crippen molar-refractivity contribution in [3.63, 3.8) is 0 Å². The van der Waals surface area contributed by atoms with E-state index in [0.29, 0.717) is 29.5 Å². The van der Waals surface area contributed by atoms with Gasteiger partial charge in [-0.05, 0) is 31.4 Å². The first-order valence-electron chi connectivity index (χ1n) is 6.18. The number of nitrogens with two attached hydrogens (primary N) is 1. The molecule has 0 saturated carbocycles. The number of hydrogen-bond donors (Lipinski definition) is 1. The second-order valence-electron chi connectivity index (χ2n) is 4.63. The van der Waals surface area contributed by atoms with Crippen LogP contribution in [0.15, 0.2) is 16.6 Å². The van der Waals surface area contributed by atoms with Gasteiger partial charge in [-0.3, -0.25) is 4.79 Å². The Kier molecular flexibility index (Phi) is 5.66. The average Bonchev–Trinajstić information content (AvgIpc) is 2.27. The first-order chi connectivity index (χ1) is 8.45. The molecule has 100 valence electrons. The van der Waals surface area contributed by atoms with Crippen LogP contribution in [0.3, 0.4) is 0 Å². The maximum atomic E-state index is 11.6. The molecule has 0 aliphatic rings. The molecule has 0 saturated heterocycles. The van der Waals surface area contributed by atoms with Gasteiger partial charge in [-0.1, -0.05) is 36.2 Å². The quantitative estimate of drug-likeness (QED) is 0.636. The van der Waals surface area contributed by atoms with Crippen LogP contribution in [-0.2, 0) is 0 Å². The summed E-state index contributed by atoms with van der Waals surface area (Å²) in [7, 11) is 0. The molecular formula is C14H20BrNO2. The Bertz CT molecular complexity index is 432. The highest BCUT2D eigenvalue weighted by atomic mass is 79.9. The molecule has 0 heterocycles. The van der Waals surface area contributed by atoms with E-state index in [1.54, 1.807) is 12.1 Å². The summed E-state index contributed by atoms with van der Waals surface area (Å²) in [5, 5.41) is 0. The van der Waals surface area contributed by atoms with E-state index in [-0.39, 0.29) is 5.78 Å². The average molecular weight is 314 g/mol. The Morgan fingerprint density at radius 2 is 2.17 bits per heavy atom. The van der Waals surface area contributed by atoms with Gasteiger partial charge in [-0.15, -0.1) is 0 Å². The van der Waals surface area contributed by atoms with Crippen LogP contribution in [-0.4, -0.2) is 12.4 Å². The molecule has 0 bridgehead atoms. The molecule has 1 aromatic carbocycles. The molecule has 0 fully saturated rings. The Labute approximate surface area is 117 Å². The summed E-state index contributed by atoms with van der Waals surface area (Å²) >= 11 is 3.33. The van der Waals surface area contributed by atoms with Crippen molar-refractivity contribution < 1.29 is 9.53 Å². The van der Waals surface area contributed by atoms with Crippen LogP contribution in [0.4, 0.5) is 5.69 Å². The molecule has 0 aromatic heterocycles. The fourth-order valence-electron chi connectivity index (χ4n) is 1.84. The van der Waals surface area contributed by atoms with Crippen LogP contribution in [0.1, 0.15) is 44.0 Å². The topological polar surface area (TPSA) is 52.3 Å². The van der Waals surface area contributed by atoms with Gasteiger partial charge in [-0.25, -0.2) is 0 Å². The summed E-state index contributed by atoms with van der Waals surface area (Å²) in [5.41, 5.74) is 6.94. The van der Waals surface area contributed by atoms with E-state index >= 15 is 0 Å². The van der Waals surface area contributed by atoms with Crippen molar-refractivity contribution in [3.05, 3.63) is 22.2 Å². The summed E-state index contributed by atoms with van der Waals surface area (Å²) in [6.07, 6.45) is 2.23. The number of rotatable bonds is 6. The molecule has 0 aliphatic heterocycles. The normalized spacial score (nSPS) is 12.2. The van der Waals surface area contributed by atoms with E-state index in [4.69, 9.17) is 10.5 Å². The zero-order valence-electron chi connectivity index (χ0n) is 11.1. The lowest BCUT2D eigenvalue weighted by atomic mass is 10.1. The van der Waals surface area contributed by atoms with Crippen molar-refractivity contribution in [3.8, 4) is 5.75 Å². The van der Waals surface area contributed by atoms with Gasteiger partial charge in [0.1, 0.15) is 0 Å². The van der Waals surface area contributed by atoms with Crippen LogP contribution in [0.5, 0.6) is 5.75 Å². The molecule has 1 aromatic rings. The van der Waals surface area contributed by atoms with Gasteiger partial charge in [0.05, 0.1) is 17.9 Å². The van der Waals surface area contributed by atoms with Gasteiger partial charge >= 0.3 is 0 Å². The largest absolute Gasteiger partial charge is 0.490 e. The number of benzene rings is 1. The Morgan fingerprint density at radius 1 is 1.50 bits per heavy atom. The standard InChI is InChI=1S/C14H20BrNO2/c1-4-5-9(2)8-18-14-12(10(3)17)6-11(15)7-13(14)16/h6-7,9H,4-5,8,16H2,1-3H3. The second kappa shape index (κ2) is 6.78. The number of anilines is 1. The zero-order valence-corrected chi connectivity index (χ0v) is 12.7. The summed E-state index contributed by atoms with van der Waals surface area (Å²) in [5.74, 6) is 0.924. The van der Waals surface area contributed by atoms with Crippen LogP contribution in [0.25, 0.3) is 0 Å². The van der Waals surface area contributed by atoms with E-state index in [1.165, 1.54) is 6.92 Å². The molecule has 0 spiro atoms. The van der Waals surface area contributed by atoms with Crippen LogP contribution in [0, 0.1) is 5.92 Å². The molecule has 1 rings (SSSR count). The predicted molar refractivity (Wildman–Crippen MR) is 78.1 cm³/mol. The predicted octanol–water partition coefficient (Wildman–Crippen LogP) is 4.05. The summed E-state index contributed by atoms with van der Waals surface area (Å²) in [4.78, 5) is 11.6. The molecule has 3 nitrogen and oxygen atoms in total.